The molecule has 0 radical (unpaired) electrons. The summed E-state index contributed by atoms with van der Waals surface area (Å²) in [5, 5.41) is 0.633. The van der Waals surface area contributed by atoms with Gasteiger partial charge in [0.2, 0.25) is 0 Å². The predicted octanol–water partition coefficient (Wildman–Crippen LogP) is 4.08. The van der Waals surface area contributed by atoms with E-state index >= 15 is 0 Å². The van der Waals surface area contributed by atoms with Crippen LogP contribution in [0.4, 0.5) is 0 Å². The number of aromatic amines is 1. The van der Waals surface area contributed by atoms with Crippen LogP contribution in [0.1, 0.15) is 31.8 Å². The van der Waals surface area contributed by atoms with Crippen molar-refractivity contribution in [2.75, 3.05) is 7.11 Å². The van der Waals surface area contributed by atoms with Crippen molar-refractivity contribution >= 4 is 39.9 Å². The molecular formula is C11H17BrN2OS2. The molecule has 1 rings (SSSR count). The van der Waals surface area contributed by atoms with Crippen molar-refractivity contribution in [3.63, 3.8) is 0 Å². The standard InChI is InChI=1S/C11H17BrN2OS2/c1-4-7(2)17-6-9-13-8(5-15-3)10(12)11(16)14-9/h7H,4-6H2,1-3H3,(H,13,14,16). The van der Waals surface area contributed by atoms with E-state index in [1.54, 1.807) is 7.11 Å². The number of hydrogen-bond donors (Lipinski definition) is 1. The number of methoxy groups -OCH3 is 1. The molecule has 1 aromatic heterocycles. The fourth-order valence-electron chi connectivity index (χ4n) is 1.21. The number of ether oxygens (including phenoxy) is 1. The van der Waals surface area contributed by atoms with Crippen LogP contribution < -0.4 is 0 Å². The molecule has 1 atom stereocenters. The van der Waals surface area contributed by atoms with E-state index in [0.29, 0.717) is 16.5 Å². The molecule has 17 heavy (non-hydrogen) atoms. The van der Waals surface area contributed by atoms with E-state index in [2.05, 4.69) is 39.7 Å². The van der Waals surface area contributed by atoms with Gasteiger partial charge in [-0.3, -0.25) is 0 Å². The Morgan fingerprint density at radius 3 is 2.88 bits per heavy atom. The number of halogens is 1. The minimum atomic E-state index is 0.508. The van der Waals surface area contributed by atoms with Crippen molar-refractivity contribution in [1.29, 1.82) is 0 Å². The van der Waals surface area contributed by atoms with Crippen LogP contribution >= 0.6 is 39.9 Å². The Labute approximate surface area is 120 Å². The first kappa shape index (κ1) is 15.1. The smallest absolute Gasteiger partial charge is 0.144 e. The molecule has 96 valence electrons. The highest BCUT2D eigenvalue weighted by Gasteiger charge is 2.07. The number of aromatic nitrogens is 2. The average molecular weight is 337 g/mol. The van der Waals surface area contributed by atoms with Gasteiger partial charge in [0, 0.05) is 12.4 Å². The lowest BCUT2D eigenvalue weighted by Crippen LogP contribution is -2.03. The maximum absolute atomic E-state index is 5.21. The molecule has 0 spiro atoms. The van der Waals surface area contributed by atoms with E-state index in [1.807, 2.05) is 11.8 Å². The maximum atomic E-state index is 5.21. The lowest BCUT2D eigenvalue weighted by atomic mass is 10.4. The molecule has 0 saturated heterocycles. The van der Waals surface area contributed by atoms with Crippen LogP contribution in [-0.4, -0.2) is 22.3 Å². The SMILES string of the molecule is CCC(C)SCc1nc(=S)c(Br)c(COC)[nH]1. The minimum Gasteiger partial charge on any atom is -0.378 e. The molecule has 0 amide bonds. The summed E-state index contributed by atoms with van der Waals surface area (Å²) in [7, 11) is 1.66. The molecule has 1 heterocycles. The van der Waals surface area contributed by atoms with Crippen molar-refractivity contribution < 1.29 is 4.74 Å². The van der Waals surface area contributed by atoms with Gasteiger partial charge in [-0.15, -0.1) is 0 Å². The van der Waals surface area contributed by atoms with Gasteiger partial charge in [0.25, 0.3) is 0 Å². The molecule has 0 aromatic carbocycles. The molecular weight excluding hydrogens is 320 g/mol. The molecule has 6 heteroatoms. The number of thioether (sulfide) groups is 1. The highest BCUT2D eigenvalue weighted by atomic mass is 79.9. The van der Waals surface area contributed by atoms with Crippen LogP contribution in [0.2, 0.25) is 0 Å². The minimum absolute atomic E-state index is 0.508. The second kappa shape index (κ2) is 7.51. The van der Waals surface area contributed by atoms with E-state index < -0.39 is 0 Å². The largest absolute Gasteiger partial charge is 0.378 e. The summed E-state index contributed by atoms with van der Waals surface area (Å²) < 4.78 is 6.54. The number of rotatable bonds is 6. The second-order valence-corrected chi connectivity index (χ2v) is 6.35. The zero-order valence-electron chi connectivity index (χ0n) is 10.2. The Hall–Kier alpha value is 0.0900. The summed E-state index contributed by atoms with van der Waals surface area (Å²) in [6.07, 6.45) is 1.16. The van der Waals surface area contributed by atoms with Gasteiger partial charge < -0.3 is 9.72 Å². The third kappa shape index (κ3) is 4.69. The van der Waals surface area contributed by atoms with E-state index in [0.717, 1.165) is 28.2 Å². The third-order valence-corrected chi connectivity index (χ3v) is 5.11. The summed E-state index contributed by atoms with van der Waals surface area (Å²) in [6, 6.07) is 0. The second-order valence-electron chi connectivity index (χ2n) is 3.74. The van der Waals surface area contributed by atoms with Gasteiger partial charge in [-0.05, 0) is 22.4 Å². The summed E-state index contributed by atoms with van der Waals surface area (Å²) in [4.78, 5) is 7.62. The van der Waals surface area contributed by atoms with Gasteiger partial charge in [0.05, 0.1) is 22.5 Å². The van der Waals surface area contributed by atoms with Crippen molar-refractivity contribution in [2.45, 2.75) is 37.9 Å². The van der Waals surface area contributed by atoms with Crippen molar-refractivity contribution in [2.24, 2.45) is 0 Å². The molecule has 3 nitrogen and oxygen atoms in total. The highest BCUT2D eigenvalue weighted by molar-refractivity contribution is 9.10. The van der Waals surface area contributed by atoms with Crippen molar-refractivity contribution in [1.82, 2.24) is 9.97 Å². The molecule has 1 unspecified atom stereocenters. The molecule has 0 saturated carbocycles. The molecule has 0 aliphatic heterocycles. The lowest BCUT2D eigenvalue weighted by molar-refractivity contribution is 0.180. The van der Waals surface area contributed by atoms with Crippen LogP contribution in [0.3, 0.4) is 0 Å². The predicted molar refractivity (Wildman–Crippen MR) is 78.9 cm³/mol. The summed E-state index contributed by atoms with van der Waals surface area (Å²) in [5.41, 5.74) is 0.951. The van der Waals surface area contributed by atoms with E-state index in [4.69, 9.17) is 17.0 Å². The molecule has 0 aliphatic carbocycles. The molecule has 0 fully saturated rings. The molecule has 0 bridgehead atoms. The third-order valence-electron chi connectivity index (χ3n) is 2.35. The van der Waals surface area contributed by atoms with E-state index in [9.17, 15) is 0 Å². The Bertz CT molecular complexity index is 422. The first-order valence-electron chi connectivity index (χ1n) is 5.46. The zero-order valence-corrected chi connectivity index (χ0v) is 13.5. The van der Waals surface area contributed by atoms with Gasteiger partial charge in [-0.25, -0.2) is 4.98 Å². The highest BCUT2D eigenvalue weighted by Crippen LogP contribution is 2.21. The van der Waals surface area contributed by atoms with Crippen LogP contribution in [-0.2, 0) is 17.1 Å². The Kier molecular flexibility index (Phi) is 6.69. The van der Waals surface area contributed by atoms with Gasteiger partial charge in [0.15, 0.2) is 0 Å². The number of nitrogens with zero attached hydrogens (tertiary/aromatic N) is 1. The van der Waals surface area contributed by atoms with E-state index in [1.165, 1.54) is 0 Å². The summed E-state index contributed by atoms with van der Waals surface area (Å²) in [5.74, 6) is 1.76. The first-order chi connectivity index (χ1) is 8.08. The van der Waals surface area contributed by atoms with Crippen molar-refractivity contribution in [3.8, 4) is 0 Å². The van der Waals surface area contributed by atoms with Gasteiger partial charge in [0.1, 0.15) is 10.5 Å². The van der Waals surface area contributed by atoms with Crippen LogP contribution in [0.5, 0.6) is 0 Å². The fraction of sp³-hybridized carbons (Fsp3) is 0.636. The zero-order chi connectivity index (χ0) is 12.8. The quantitative estimate of drug-likeness (QED) is 0.794. The maximum Gasteiger partial charge on any atom is 0.144 e. The van der Waals surface area contributed by atoms with E-state index in [-0.39, 0.29) is 0 Å². The van der Waals surface area contributed by atoms with Crippen LogP contribution in [0, 0.1) is 4.64 Å². The average Bonchev–Trinajstić information content (AvgIpc) is 2.32. The number of nitrogens with one attached hydrogen (secondary N) is 1. The Balaban J connectivity index is 2.83. The van der Waals surface area contributed by atoms with Gasteiger partial charge >= 0.3 is 0 Å². The van der Waals surface area contributed by atoms with Crippen molar-refractivity contribution in [3.05, 3.63) is 20.6 Å². The molecule has 1 aromatic rings. The Morgan fingerprint density at radius 1 is 1.59 bits per heavy atom. The fourth-order valence-corrected chi connectivity index (χ4v) is 2.56. The normalized spacial score (nSPS) is 12.7. The molecule has 0 aliphatic rings. The topological polar surface area (TPSA) is 37.9 Å². The molecule has 1 N–H and O–H groups in total. The summed E-state index contributed by atoms with van der Waals surface area (Å²) in [6.45, 7) is 4.91. The summed E-state index contributed by atoms with van der Waals surface area (Å²) >= 11 is 10.5. The van der Waals surface area contributed by atoms with Gasteiger partial charge in [-0.1, -0.05) is 26.1 Å². The number of H-pyrrole nitrogens is 1. The van der Waals surface area contributed by atoms with Crippen LogP contribution in [0.15, 0.2) is 4.47 Å². The monoisotopic (exact) mass is 336 g/mol. The Morgan fingerprint density at radius 2 is 2.29 bits per heavy atom. The first-order valence-corrected chi connectivity index (χ1v) is 7.71. The number of hydrogen-bond acceptors (Lipinski definition) is 4. The van der Waals surface area contributed by atoms with Crippen LogP contribution in [0.25, 0.3) is 0 Å². The van der Waals surface area contributed by atoms with Gasteiger partial charge in [-0.2, -0.15) is 11.8 Å². The lowest BCUT2D eigenvalue weighted by Gasteiger charge is -2.10.